The number of methoxy groups -OCH3 is 1. The van der Waals surface area contributed by atoms with Crippen molar-refractivity contribution in [3.05, 3.63) is 23.8 Å². The van der Waals surface area contributed by atoms with Gasteiger partial charge in [-0.25, -0.2) is 0 Å². The zero-order chi connectivity index (χ0) is 13.7. The number of nitrogens with zero attached hydrogens (tertiary/aromatic N) is 1. The van der Waals surface area contributed by atoms with Crippen LogP contribution in [0.1, 0.15) is 17.3 Å². The first-order chi connectivity index (χ1) is 8.51. The monoisotopic (exact) mass is 252 g/mol. The number of nitrogen functional groups attached to an aromatic ring is 1. The molecule has 1 rings (SSSR count). The van der Waals surface area contributed by atoms with E-state index in [2.05, 4.69) is 0 Å². The van der Waals surface area contributed by atoms with E-state index in [-0.39, 0.29) is 18.4 Å². The van der Waals surface area contributed by atoms with E-state index in [1.165, 1.54) is 7.11 Å². The smallest absolute Gasteiger partial charge is 0.179 e. The zero-order valence-electron chi connectivity index (χ0n) is 11.0. The fourth-order valence-corrected chi connectivity index (χ4v) is 1.68. The summed E-state index contributed by atoms with van der Waals surface area (Å²) in [7, 11) is 3.33. The van der Waals surface area contributed by atoms with Crippen LogP contribution >= 0.6 is 0 Å². The van der Waals surface area contributed by atoms with Crippen molar-refractivity contribution in [1.82, 2.24) is 4.90 Å². The minimum atomic E-state index is -0.301. The highest BCUT2D eigenvalue weighted by atomic mass is 16.5. The third-order valence-corrected chi connectivity index (χ3v) is 3.01. The molecule has 0 amide bonds. The van der Waals surface area contributed by atoms with Crippen molar-refractivity contribution in [2.75, 3.05) is 33.0 Å². The highest BCUT2D eigenvalue weighted by molar-refractivity contribution is 6.00. The normalized spacial score (nSPS) is 12.5. The van der Waals surface area contributed by atoms with Gasteiger partial charge in [-0.2, -0.15) is 0 Å². The lowest BCUT2D eigenvalue weighted by atomic mass is 10.0. The first-order valence-electron chi connectivity index (χ1n) is 5.80. The molecule has 3 N–H and O–H groups in total. The molecule has 0 aliphatic heterocycles. The number of anilines is 1. The van der Waals surface area contributed by atoms with Crippen LogP contribution in [-0.2, 0) is 0 Å². The van der Waals surface area contributed by atoms with Gasteiger partial charge < -0.3 is 15.6 Å². The molecular formula is C13H20N2O3. The first kappa shape index (κ1) is 14.5. The topological polar surface area (TPSA) is 75.8 Å². The second kappa shape index (κ2) is 6.37. The highest BCUT2D eigenvalue weighted by Gasteiger charge is 2.19. The van der Waals surface area contributed by atoms with Crippen molar-refractivity contribution in [2.24, 2.45) is 0 Å². The van der Waals surface area contributed by atoms with Crippen LogP contribution in [0, 0.1) is 0 Å². The standard InChI is InChI=1S/C13H20N2O3/c1-9(15(2)6-7-16)13(17)10-4-5-12(18-3)11(14)8-10/h4-5,8-9,16H,6-7,14H2,1-3H3. The molecule has 0 spiro atoms. The van der Waals surface area contributed by atoms with E-state index in [0.29, 0.717) is 23.5 Å². The van der Waals surface area contributed by atoms with Crippen LogP contribution in [-0.4, -0.2) is 49.1 Å². The van der Waals surface area contributed by atoms with Crippen molar-refractivity contribution >= 4 is 11.5 Å². The molecule has 0 aliphatic carbocycles. The summed E-state index contributed by atoms with van der Waals surface area (Å²) >= 11 is 0. The number of ether oxygens (including phenoxy) is 1. The third kappa shape index (κ3) is 3.21. The molecule has 1 aromatic carbocycles. The highest BCUT2D eigenvalue weighted by Crippen LogP contribution is 2.23. The predicted molar refractivity (Wildman–Crippen MR) is 70.9 cm³/mol. The molecule has 100 valence electrons. The maximum absolute atomic E-state index is 12.2. The number of hydrogen-bond acceptors (Lipinski definition) is 5. The SMILES string of the molecule is COc1ccc(C(=O)C(C)N(C)CCO)cc1N. The summed E-state index contributed by atoms with van der Waals surface area (Å²) in [5.74, 6) is 0.531. The van der Waals surface area contributed by atoms with E-state index in [4.69, 9.17) is 15.6 Å². The van der Waals surface area contributed by atoms with E-state index >= 15 is 0 Å². The molecule has 1 unspecified atom stereocenters. The number of likely N-dealkylation sites (N-methyl/N-ethyl adjacent to an activating group) is 1. The van der Waals surface area contributed by atoms with Crippen LogP contribution in [0.4, 0.5) is 5.69 Å². The molecule has 0 fully saturated rings. The fourth-order valence-electron chi connectivity index (χ4n) is 1.68. The minimum absolute atomic E-state index is 0.0267. The van der Waals surface area contributed by atoms with Crippen LogP contribution in [0.15, 0.2) is 18.2 Å². The molecular weight excluding hydrogens is 232 g/mol. The average Bonchev–Trinajstić information content (AvgIpc) is 2.37. The second-order valence-electron chi connectivity index (χ2n) is 4.20. The lowest BCUT2D eigenvalue weighted by Gasteiger charge is -2.22. The van der Waals surface area contributed by atoms with Gasteiger partial charge in [0.1, 0.15) is 5.75 Å². The number of carbonyl (C=O) groups is 1. The van der Waals surface area contributed by atoms with Crippen molar-refractivity contribution in [2.45, 2.75) is 13.0 Å². The quantitative estimate of drug-likeness (QED) is 0.578. The maximum Gasteiger partial charge on any atom is 0.179 e. The lowest BCUT2D eigenvalue weighted by molar-refractivity contribution is 0.0848. The van der Waals surface area contributed by atoms with Gasteiger partial charge in [0.25, 0.3) is 0 Å². The summed E-state index contributed by atoms with van der Waals surface area (Å²) < 4.78 is 5.05. The summed E-state index contributed by atoms with van der Waals surface area (Å²) in [6, 6.07) is 4.69. The molecule has 0 radical (unpaired) electrons. The Morgan fingerprint density at radius 2 is 2.22 bits per heavy atom. The Bertz CT molecular complexity index is 421. The number of benzene rings is 1. The summed E-state index contributed by atoms with van der Waals surface area (Å²) in [5, 5.41) is 8.86. The Morgan fingerprint density at radius 3 is 2.72 bits per heavy atom. The van der Waals surface area contributed by atoms with Gasteiger partial charge in [0.05, 0.1) is 25.4 Å². The van der Waals surface area contributed by atoms with Gasteiger partial charge in [-0.1, -0.05) is 0 Å². The second-order valence-corrected chi connectivity index (χ2v) is 4.20. The maximum atomic E-state index is 12.2. The Kier molecular flexibility index (Phi) is 5.12. The van der Waals surface area contributed by atoms with Gasteiger partial charge in [0, 0.05) is 12.1 Å². The van der Waals surface area contributed by atoms with Gasteiger partial charge in [-0.3, -0.25) is 9.69 Å². The van der Waals surface area contributed by atoms with Crippen LogP contribution in [0.5, 0.6) is 5.75 Å². The van der Waals surface area contributed by atoms with Gasteiger partial charge in [0.15, 0.2) is 5.78 Å². The molecule has 5 nitrogen and oxygen atoms in total. The molecule has 0 bridgehead atoms. The van der Waals surface area contributed by atoms with Crippen molar-refractivity contribution in [3.8, 4) is 5.75 Å². The summed E-state index contributed by atoms with van der Waals surface area (Å²) in [5.41, 5.74) is 6.77. The number of Topliss-reactive ketones (excluding diaryl/α,β-unsaturated/α-hetero) is 1. The third-order valence-electron chi connectivity index (χ3n) is 3.01. The predicted octanol–water partition coefficient (Wildman–Crippen LogP) is 0.773. The number of nitrogens with two attached hydrogens (primary N) is 1. The molecule has 0 saturated heterocycles. The Balaban J connectivity index is 2.87. The molecule has 1 aromatic rings. The summed E-state index contributed by atoms with van der Waals surface area (Å²) in [6.07, 6.45) is 0. The number of carbonyl (C=O) groups excluding carboxylic acids is 1. The Morgan fingerprint density at radius 1 is 1.56 bits per heavy atom. The van der Waals surface area contributed by atoms with Gasteiger partial charge in [0.2, 0.25) is 0 Å². The van der Waals surface area contributed by atoms with Crippen molar-refractivity contribution in [3.63, 3.8) is 0 Å². The zero-order valence-corrected chi connectivity index (χ0v) is 11.0. The average molecular weight is 252 g/mol. The number of ketones is 1. The van der Waals surface area contributed by atoms with Crippen molar-refractivity contribution < 1.29 is 14.6 Å². The van der Waals surface area contributed by atoms with Crippen molar-refractivity contribution in [1.29, 1.82) is 0 Å². The summed E-state index contributed by atoms with van der Waals surface area (Å²) in [6.45, 7) is 2.29. The number of hydrogen-bond donors (Lipinski definition) is 2. The van der Waals surface area contributed by atoms with E-state index < -0.39 is 0 Å². The van der Waals surface area contributed by atoms with E-state index in [1.54, 1.807) is 37.1 Å². The van der Waals surface area contributed by atoms with Gasteiger partial charge >= 0.3 is 0 Å². The lowest BCUT2D eigenvalue weighted by Crippen LogP contribution is -2.37. The fraction of sp³-hybridized carbons (Fsp3) is 0.462. The number of rotatable bonds is 6. The molecule has 0 aromatic heterocycles. The molecule has 1 atom stereocenters. The summed E-state index contributed by atoms with van der Waals surface area (Å²) in [4.78, 5) is 14.0. The van der Waals surface area contributed by atoms with Crippen LogP contribution in [0.2, 0.25) is 0 Å². The number of aliphatic hydroxyl groups is 1. The molecule has 0 aliphatic rings. The Hall–Kier alpha value is -1.59. The molecule has 0 saturated carbocycles. The number of aliphatic hydroxyl groups excluding tert-OH is 1. The largest absolute Gasteiger partial charge is 0.495 e. The molecule has 18 heavy (non-hydrogen) atoms. The van der Waals surface area contributed by atoms with Crippen LogP contribution < -0.4 is 10.5 Å². The molecule has 5 heteroatoms. The Labute approximate surface area is 107 Å². The van der Waals surface area contributed by atoms with Gasteiger partial charge in [-0.05, 0) is 32.2 Å². The van der Waals surface area contributed by atoms with E-state index in [0.717, 1.165) is 0 Å². The van der Waals surface area contributed by atoms with Crippen LogP contribution in [0.3, 0.4) is 0 Å². The van der Waals surface area contributed by atoms with Crippen LogP contribution in [0.25, 0.3) is 0 Å². The van der Waals surface area contributed by atoms with E-state index in [1.807, 2.05) is 0 Å². The first-order valence-corrected chi connectivity index (χ1v) is 5.80. The minimum Gasteiger partial charge on any atom is -0.495 e. The molecule has 0 heterocycles. The van der Waals surface area contributed by atoms with Gasteiger partial charge in [-0.15, -0.1) is 0 Å². The van der Waals surface area contributed by atoms with E-state index in [9.17, 15) is 4.79 Å².